The molecule has 1 heterocycles. The third kappa shape index (κ3) is 5.41. The summed E-state index contributed by atoms with van der Waals surface area (Å²) in [6.07, 6.45) is 2.01. The average Bonchev–Trinajstić information content (AvgIpc) is 2.93. The van der Waals surface area contributed by atoms with E-state index in [0.717, 1.165) is 42.6 Å². The Labute approximate surface area is 217 Å². The summed E-state index contributed by atoms with van der Waals surface area (Å²) >= 11 is 0. The number of hydrogen-bond acceptors (Lipinski definition) is 3. The number of rotatable bonds is 7. The number of anilines is 1. The first-order chi connectivity index (χ1) is 18.0. The number of carbonyl (C=O) groups is 2. The lowest BCUT2D eigenvalue weighted by Gasteiger charge is -2.32. The molecule has 4 aromatic carbocycles. The number of fused-ring (bicyclic) bond motifs is 1. The van der Waals surface area contributed by atoms with Crippen LogP contribution in [0.4, 0.5) is 5.69 Å². The quantitative estimate of drug-likeness (QED) is 0.340. The first-order valence-electron chi connectivity index (χ1n) is 12.7. The van der Waals surface area contributed by atoms with Gasteiger partial charge in [0.05, 0.1) is 6.04 Å². The zero-order chi connectivity index (χ0) is 25.8. The molecule has 5 heteroatoms. The van der Waals surface area contributed by atoms with Crippen molar-refractivity contribution in [2.75, 3.05) is 11.4 Å². The third-order valence-electron chi connectivity index (χ3n) is 7.03. The van der Waals surface area contributed by atoms with Gasteiger partial charge in [0.2, 0.25) is 5.91 Å². The molecular formula is C32H31N3O2. The van der Waals surface area contributed by atoms with Gasteiger partial charge in [-0.05, 0) is 71.8 Å². The van der Waals surface area contributed by atoms with Crippen LogP contribution in [-0.2, 0) is 13.0 Å². The summed E-state index contributed by atoms with van der Waals surface area (Å²) in [5, 5.41) is 3.12. The second kappa shape index (κ2) is 10.7. The van der Waals surface area contributed by atoms with Crippen LogP contribution in [0.25, 0.3) is 11.1 Å². The largest absolute Gasteiger partial charge is 0.367 e. The third-order valence-corrected chi connectivity index (χ3v) is 7.03. The minimum Gasteiger partial charge on any atom is -0.367 e. The molecule has 4 aromatic rings. The summed E-state index contributed by atoms with van der Waals surface area (Å²) in [6.45, 7) is 3.75. The molecule has 1 aliphatic rings. The highest BCUT2D eigenvalue weighted by Crippen LogP contribution is 2.30. The summed E-state index contributed by atoms with van der Waals surface area (Å²) in [5.41, 5.74) is 13.3. The van der Waals surface area contributed by atoms with E-state index >= 15 is 0 Å². The molecule has 3 N–H and O–H groups in total. The summed E-state index contributed by atoms with van der Waals surface area (Å²) in [7, 11) is 0. The molecule has 0 unspecified atom stereocenters. The highest BCUT2D eigenvalue weighted by Gasteiger charge is 2.20. The van der Waals surface area contributed by atoms with Crippen LogP contribution in [0.5, 0.6) is 0 Å². The number of nitrogens with zero attached hydrogens (tertiary/aromatic N) is 1. The Balaban J connectivity index is 1.29. The molecule has 37 heavy (non-hydrogen) atoms. The number of aryl methyl sites for hydroxylation is 1. The Morgan fingerprint density at radius 2 is 1.65 bits per heavy atom. The summed E-state index contributed by atoms with van der Waals surface area (Å²) in [6, 6.07) is 31.7. The zero-order valence-corrected chi connectivity index (χ0v) is 21.0. The SMILES string of the molecule is C[C@H](NC(=O)c1ccc2c(c1)CCCN2Cc1ccc(-c2ccccc2C(N)=O)cc1)c1ccccc1. The average molecular weight is 490 g/mol. The molecule has 1 atom stereocenters. The van der Waals surface area contributed by atoms with Crippen molar-refractivity contribution in [2.24, 2.45) is 5.73 Å². The lowest BCUT2D eigenvalue weighted by molar-refractivity contribution is 0.0938. The molecule has 0 saturated heterocycles. The second-order valence-electron chi connectivity index (χ2n) is 9.58. The zero-order valence-electron chi connectivity index (χ0n) is 21.0. The van der Waals surface area contributed by atoms with Crippen molar-refractivity contribution in [3.63, 3.8) is 0 Å². The van der Waals surface area contributed by atoms with Crippen molar-refractivity contribution in [2.45, 2.75) is 32.4 Å². The van der Waals surface area contributed by atoms with Crippen molar-refractivity contribution in [3.8, 4) is 11.1 Å². The molecule has 2 amide bonds. The molecule has 0 fully saturated rings. The van der Waals surface area contributed by atoms with Crippen molar-refractivity contribution in [1.82, 2.24) is 5.32 Å². The highest BCUT2D eigenvalue weighted by molar-refractivity contribution is 5.99. The van der Waals surface area contributed by atoms with Crippen LogP contribution in [0.15, 0.2) is 97.1 Å². The molecule has 0 aromatic heterocycles. The van der Waals surface area contributed by atoms with Gasteiger partial charge in [-0.2, -0.15) is 0 Å². The van der Waals surface area contributed by atoms with E-state index in [-0.39, 0.29) is 11.9 Å². The minimum atomic E-state index is -0.424. The number of amides is 2. The number of nitrogens with two attached hydrogens (primary N) is 1. The monoisotopic (exact) mass is 489 g/mol. The van der Waals surface area contributed by atoms with E-state index in [9.17, 15) is 9.59 Å². The molecular weight excluding hydrogens is 458 g/mol. The van der Waals surface area contributed by atoms with Crippen LogP contribution < -0.4 is 16.0 Å². The van der Waals surface area contributed by atoms with Gasteiger partial charge in [0.1, 0.15) is 0 Å². The predicted octanol–water partition coefficient (Wildman–Crippen LogP) is 5.90. The van der Waals surface area contributed by atoms with Gasteiger partial charge in [-0.15, -0.1) is 0 Å². The van der Waals surface area contributed by atoms with Gasteiger partial charge in [-0.1, -0.05) is 72.8 Å². The van der Waals surface area contributed by atoms with Crippen molar-refractivity contribution in [3.05, 3.63) is 125 Å². The fourth-order valence-electron chi connectivity index (χ4n) is 5.05. The summed E-state index contributed by atoms with van der Waals surface area (Å²) in [5.74, 6) is -0.477. The van der Waals surface area contributed by atoms with Gasteiger partial charge < -0.3 is 16.0 Å². The maximum Gasteiger partial charge on any atom is 0.251 e. The Hall–Kier alpha value is -4.38. The highest BCUT2D eigenvalue weighted by atomic mass is 16.2. The topological polar surface area (TPSA) is 75.4 Å². The molecule has 0 spiro atoms. The van der Waals surface area contributed by atoms with Crippen LogP contribution in [-0.4, -0.2) is 18.4 Å². The van der Waals surface area contributed by atoms with Gasteiger partial charge in [-0.25, -0.2) is 0 Å². The number of benzene rings is 4. The molecule has 0 saturated carbocycles. The van der Waals surface area contributed by atoms with E-state index in [4.69, 9.17) is 5.73 Å². The summed E-state index contributed by atoms with van der Waals surface area (Å²) in [4.78, 5) is 27.1. The van der Waals surface area contributed by atoms with Crippen molar-refractivity contribution < 1.29 is 9.59 Å². The summed E-state index contributed by atoms with van der Waals surface area (Å²) < 4.78 is 0. The maximum absolute atomic E-state index is 12.9. The van der Waals surface area contributed by atoms with E-state index in [1.54, 1.807) is 6.07 Å². The van der Waals surface area contributed by atoms with Gasteiger partial charge in [0.15, 0.2) is 0 Å². The number of hydrogen-bond donors (Lipinski definition) is 2. The molecule has 186 valence electrons. The van der Waals surface area contributed by atoms with Crippen LogP contribution in [0.3, 0.4) is 0 Å². The van der Waals surface area contributed by atoms with E-state index < -0.39 is 5.91 Å². The van der Waals surface area contributed by atoms with Crippen LogP contribution in [0.1, 0.15) is 56.8 Å². The normalized spacial score (nSPS) is 13.5. The maximum atomic E-state index is 12.9. The minimum absolute atomic E-state index is 0.0527. The number of nitrogens with one attached hydrogen (secondary N) is 1. The standard InChI is InChI=1S/C32H31N3O2/c1-22(24-8-3-2-4-9-24)34-32(37)27-17-18-30-26(20-27)10-7-19-35(30)21-23-13-15-25(16-14-23)28-11-5-6-12-29(28)31(33)36/h2-6,8-9,11-18,20,22H,7,10,19,21H2,1H3,(H2,33,36)(H,34,37)/t22-/m0/s1. The van der Waals surface area contributed by atoms with E-state index in [1.807, 2.05) is 79.7 Å². The van der Waals surface area contributed by atoms with Gasteiger partial charge in [0.25, 0.3) is 5.91 Å². The Bertz CT molecular complexity index is 1410. The van der Waals surface area contributed by atoms with Crippen LogP contribution >= 0.6 is 0 Å². The molecule has 1 aliphatic heterocycles. The van der Waals surface area contributed by atoms with E-state index in [0.29, 0.717) is 11.1 Å². The van der Waals surface area contributed by atoms with E-state index in [1.165, 1.54) is 16.8 Å². The lowest BCUT2D eigenvalue weighted by Crippen LogP contribution is -2.30. The van der Waals surface area contributed by atoms with Crippen LogP contribution in [0, 0.1) is 0 Å². The lowest BCUT2D eigenvalue weighted by atomic mass is 9.96. The molecule has 0 aliphatic carbocycles. The Morgan fingerprint density at radius 3 is 2.41 bits per heavy atom. The van der Waals surface area contributed by atoms with E-state index in [2.05, 4.69) is 28.4 Å². The molecule has 0 bridgehead atoms. The molecule has 5 rings (SSSR count). The second-order valence-corrected chi connectivity index (χ2v) is 9.58. The van der Waals surface area contributed by atoms with Crippen molar-refractivity contribution >= 4 is 17.5 Å². The fourth-order valence-corrected chi connectivity index (χ4v) is 5.05. The molecule has 0 radical (unpaired) electrons. The predicted molar refractivity (Wildman–Crippen MR) is 149 cm³/mol. The molecule has 5 nitrogen and oxygen atoms in total. The van der Waals surface area contributed by atoms with Gasteiger partial charge in [-0.3, -0.25) is 9.59 Å². The number of primary amides is 1. The fraction of sp³-hybridized carbons (Fsp3) is 0.188. The first-order valence-corrected chi connectivity index (χ1v) is 12.7. The van der Waals surface area contributed by atoms with Crippen molar-refractivity contribution in [1.29, 1.82) is 0 Å². The smallest absolute Gasteiger partial charge is 0.251 e. The Morgan fingerprint density at radius 1 is 0.919 bits per heavy atom. The van der Waals surface area contributed by atoms with Crippen LogP contribution in [0.2, 0.25) is 0 Å². The number of carbonyl (C=O) groups excluding carboxylic acids is 2. The van der Waals surface area contributed by atoms with Gasteiger partial charge in [0, 0.05) is 29.9 Å². The Kier molecular flexibility index (Phi) is 7.04. The first kappa shape index (κ1) is 24.3. The van der Waals surface area contributed by atoms with Gasteiger partial charge >= 0.3 is 0 Å².